The number of nitrogens with zero attached hydrogens (tertiary/aromatic N) is 1. The molecule has 0 bridgehead atoms. The van der Waals surface area contributed by atoms with Crippen LogP contribution in [0.5, 0.6) is 17.2 Å². The van der Waals surface area contributed by atoms with E-state index in [4.69, 9.17) is 46.9 Å². The van der Waals surface area contributed by atoms with Crippen molar-refractivity contribution in [2.45, 2.75) is 72.6 Å². The van der Waals surface area contributed by atoms with Crippen LogP contribution in [0.4, 0.5) is 0 Å². The third kappa shape index (κ3) is 9.67. The van der Waals surface area contributed by atoms with E-state index in [0.29, 0.717) is 15.8 Å². The van der Waals surface area contributed by atoms with Crippen LogP contribution >= 0.6 is 23.2 Å². The van der Waals surface area contributed by atoms with E-state index in [1.807, 2.05) is 13.8 Å². The fourth-order valence-corrected chi connectivity index (χ4v) is 4.59. The molecule has 12 heteroatoms. The monoisotopic (exact) mass is 612 g/mol. The van der Waals surface area contributed by atoms with E-state index in [2.05, 4.69) is 10.3 Å². The summed E-state index contributed by atoms with van der Waals surface area (Å²) in [7, 11) is 1.39. The Balaban J connectivity index is 2.26. The van der Waals surface area contributed by atoms with Crippen LogP contribution in [-0.2, 0) is 19.1 Å². The van der Waals surface area contributed by atoms with Gasteiger partial charge in [0.2, 0.25) is 6.79 Å². The van der Waals surface area contributed by atoms with Crippen LogP contribution in [0.25, 0.3) is 0 Å². The molecule has 0 aliphatic heterocycles. The Morgan fingerprint density at radius 1 is 1.02 bits per heavy atom. The quantitative estimate of drug-likeness (QED) is 0.194. The van der Waals surface area contributed by atoms with Gasteiger partial charge in [-0.3, -0.25) is 9.59 Å². The topological polar surface area (TPSA) is 122 Å². The summed E-state index contributed by atoms with van der Waals surface area (Å²) in [5, 5.41) is 3.51. The number of ether oxygens (including phenoxy) is 5. The first-order valence-corrected chi connectivity index (χ1v) is 14.1. The number of nitrogens with one attached hydrogen (secondary N) is 1. The lowest BCUT2D eigenvalue weighted by Crippen LogP contribution is -2.48. The van der Waals surface area contributed by atoms with E-state index in [1.165, 1.54) is 26.3 Å². The predicted molar refractivity (Wildman–Crippen MR) is 155 cm³/mol. The first-order valence-electron chi connectivity index (χ1n) is 13.3. The molecule has 2 rings (SSSR count). The molecule has 0 radical (unpaired) electrons. The molecule has 1 heterocycles. The molecule has 0 aliphatic rings. The summed E-state index contributed by atoms with van der Waals surface area (Å²) in [4.78, 5) is 42.0. The van der Waals surface area contributed by atoms with Crippen molar-refractivity contribution in [3.63, 3.8) is 0 Å². The molecule has 1 N–H and O–H groups in total. The minimum absolute atomic E-state index is 0.0416. The second-order valence-electron chi connectivity index (χ2n) is 9.66. The van der Waals surface area contributed by atoms with Gasteiger partial charge in [-0.25, -0.2) is 9.78 Å². The molecule has 0 spiro atoms. The van der Waals surface area contributed by atoms with Crippen molar-refractivity contribution in [3.05, 3.63) is 46.2 Å². The lowest BCUT2D eigenvalue weighted by molar-refractivity contribution is -0.158. The molecule has 0 fully saturated rings. The van der Waals surface area contributed by atoms with Gasteiger partial charge < -0.3 is 29.0 Å². The molecule has 0 unspecified atom stereocenters. The van der Waals surface area contributed by atoms with Gasteiger partial charge in [-0.1, -0.05) is 50.9 Å². The van der Waals surface area contributed by atoms with Crippen molar-refractivity contribution in [1.29, 1.82) is 0 Å². The Bertz CT molecular complexity index is 1190. The number of carbonyl (C=O) groups excluding carboxylic acids is 3. The zero-order valence-electron chi connectivity index (χ0n) is 24.4. The Morgan fingerprint density at radius 3 is 2.27 bits per heavy atom. The Kier molecular flexibility index (Phi) is 13.5. The first-order chi connectivity index (χ1) is 19.4. The van der Waals surface area contributed by atoms with Gasteiger partial charge in [-0.2, -0.15) is 0 Å². The number of hydrogen-bond donors (Lipinski definition) is 1. The summed E-state index contributed by atoms with van der Waals surface area (Å²) in [6.07, 6.45) is 1.70. The van der Waals surface area contributed by atoms with Gasteiger partial charge in [0.05, 0.1) is 12.1 Å². The highest BCUT2D eigenvalue weighted by Crippen LogP contribution is 2.32. The van der Waals surface area contributed by atoms with Crippen LogP contribution in [0, 0.1) is 11.8 Å². The number of benzene rings is 1. The van der Waals surface area contributed by atoms with E-state index < -0.39 is 42.9 Å². The summed E-state index contributed by atoms with van der Waals surface area (Å²) < 4.78 is 27.7. The molecular formula is C29H38Cl2N2O8. The number of rotatable bonds is 15. The van der Waals surface area contributed by atoms with Crippen LogP contribution in [0.3, 0.4) is 0 Å². The van der Waals surface area contributed by atoms with Crippen molar-refractivity contribution < 1.29 is 38.1 Å². The second kappa shape index (κ2) is 16.3. The predicted octanol–water partition coefficient (Wildman–Crippen LogP) is 5.87. The summed E-state index contributed by atoms with van der Waals surface area (Å²) in [6, 6.07) is 5.39. The maximum absolute atomic E-state index is 13.4. The smallest absolute Gasteiger partial charge is 0.329 e. The normalized spacial score (nSPS) is 13.2. The minimum Gasteiger partial charge on any atom is -0.493 e. The molecule has 0 saturated carbocycles. The fraction of sp³-hybridized carbons (Fsp3) is 0.517. The molecule has 1 aromatic carbocycles. The van der Waals surface area contributed by atoms with Crippen LogP contribution in [0.15, 0.2) is 30.5 Å². The first kappa shape index (κ1) is 34.0. The van der Waals surface area contributed by atoms with Crippen LogP contribution in [0.1, 0.15) is 64.9 Å². The summed E-state index contributed by atoms with van der Waals surface area (Å²) >= 11 is 12.4. The molecule has 226 valence electrons. The number of esters is 2. The average molecular weight is 614 g/mol. The van der Waals surface area contributed by atoms with E-state index in [1.54, 1.807) is 39.0 Å². The maximum Gasteiger partial charge on any atom is 0.329 e. The minimum atomic E-state index is -1.03. The third-order valence-corrected chi connectivity index (χ3v) is 6.94. The van der Waals surface area contributed by atoms with Crippen LogP contribution in [-0.4, -0.2) is 55.0 Å². The largest absolute Gasteiger partial charge is 0.493 e. The van der Waals surface area contributed by atoms with Gasteiger partial charge in [-0.15, -0.1) is 0 Å². The van der Waals surface area contributed by atoms with Gasteiger partial charge in [0.15, 0.2) is 17.2 Å². The van der Waals surface area contributed by atoms with Crippen molar-refractivity contribution in [2.75, 3.05) is 13.9 Å². The van der Waals surface area contributed by atoms with Gasteiger partial charge >= 0.3 is 11.9 Å². The standard InChI is InChI=1S/C29H38Cl2N2O8/c1-8-19(9-2)26(41-22-11-10-20(30)14-21(22)31)17(5)40-29(36)24(16(3)4)33-28(35)25-27(39-15-38-18(6)34)23(37-7)12-13-32-25/h10-14,16-17,19,24,26H,8-9,15H2,1-7H3,(H,33,35)/t17-,24-,26-/m0/s1. The number of halogens is 2. The third-order valence-electron chi connectivity index (χ3n) is 6.41. The summed E-state index contributed by atoms with van der Waals surface area (Å²) in [6.45, 7) is 10.1. The number of pyridine rings is 1. The Labute approximate surface area is 250 Å². The maximum atomic E-state index is 13.4. The highest BCUT2D eigenvalue weighted by molar-refractivity contribution is 6.35. The van der Waals surface area contributed by atoms with Crippen molar-refractivity contribution >= 4 is 41.0 Å². The van der Waals surface area contributed by atoms with Gasteiger partial charge in [-0.05, 0) is 49.8 Å². The molecule has 41 heavy (non-hydrogen) atoms. The van der Waals surface area contributed by atoms with Crippen LogP contribution in [0.2, 0.25) is 10.0 Å². The SMILES string of the molecule is CCC(CC)[C@@H](Oc1ccc(Cl)cc1Cl)[C@H](C)OC(=O)[C@@H](NC(=O)c1nccc(OC)c1OCOC(C)=O)C(C)C. The van der Waals surface area contributed by atoms with Crippen molar-refractivity contribution in [3.8, 4) is 17.2 Å². The molecule has 1 aromatic heterocycles. The van der Waals surface area contributed by atoms with Crippen molar-refractivity contribution in [1.82, 2.24) is 10.3 Å². The van der Waals surface area contributed by atoms with Crippen LogP contribution < -0.4 is 19.5 Å². The zero-order valence-corrected chi connectivity index (χ0v) is 25.9. The van der Waals surface area contributed by atoms with Gasteiger partial charge in [0, 0.05) is 24.2 Å². The number of carbonyl (C=O) groups is 3. The molecule has 0 saturated heterocycles. The summed E-state index contributed by atoms with van der Waals surface area (Å²) in [5.74, 6) is -1.62. The number of aromatic nitrogens is 1. The average Bonchev–Trinajstić information content (AvgIpc) is 2.92. The molecular weight excluding hydrogens is 575 g/mol. The number of hydrogen-bond acceptors (Lipinski definition) is 9. The van der Waals surface area contributed by atoms with E-state index in [9.17, 15) is 14.4 Å². The van der Waals surface area contributed by atoms with E-state index in [0.717, 1.165) is 12.8 Å². The molecule has 10 nitrogen and oxygen atoms in total. The van der Waals surface area contributed by atoms with E-state index >= 15 is 0 Å². The van der Waals surface area contributed by atoms with Crippen molar-refractivity contribution in [2.24, 2.45) is 11.8 Å². The highest BCUT2D eigenvalue weighted by atomic mass is 35.5. The van der Waals surface area contributed by atoms with E-state index in [-0.39, 0.29) is 29.0 Å². The molecule has 1 amide bonds. The molecule has 0 aliphatic carbocycles. The van der Waals surface area contributed by atoms with Gasteiger partial charge in [0.1, 0.15) is 24.0 Å². The van der Waals surface area contributed by atoms with Gasteiger partial charge in [0.25, 0.3) is 5.91 Å². The lowest BCUT2D eigenvalue weighted by atomic mass is 9.93. The number of methoxy groups -OCH3 is 1. The molecule has 2 aromatic rings. The zero-order chi connectivity index (χ0) is 30.7. The lowest BCUT2D eigenvalue weighted by Gasteiger charge is -2.32. The second-order valence-corrected chi connectivity index (χ2v) is 10.5. The number of amides is 1. The Morgan fingerprint density at radius 2 is 1.71 bits per heavy atom. The Hall–Kier alpha value is -3.24. The highest BCUT2D eigenvalue weighted by Gasteiger charge is 2.34. The fourth-order valence-electron chi connectivity index (χ4n) is 4.14. The summed E-state index contributed by atoms with van der Waals surface area (Å²) in [5.41, 5.74) is -0.154. The molecule has 3 atom stereocenters.